The van der Waals surface area contributed by atoms with Crippen molar-refractivity contribution in [1.29, 1.82) is 0 Å². The highest BCUT2D eigenvalue weighted by atomic mass is 16.5. The van der Waals surface area contributed by atoms with Crippen molar-refractivity contribution in [3.05, 3.63) is 11.9 Å². The number of aromatic nitrogens is 2. The fourth-order valence-electron chi connectivity index (χ4n) is 3.20. The van der Waals surface area contributed by atoms with Crippen molar-refractivity contribution in [2.75, 3.05) is 20.2 Å². The Morgan fingerprint density at radius 1 is 1.55 bits per heavy atom. The number of carbonyl (C=O) groups excluding carboxylic acids is 1. The van der Waals surface area contributed by atoms with Crippen LogP contribution < -0.4 is 10.1 Å². The van der Waals surface area contributed by atoms with Gasteiger partial charge in [0.1, 0.15) is 5.69 Å². The van der Waals surface area contributed by atoms with E-state index in [1.54, 1.807) is 18.0 Å². The summed E-state index contributed by atoms with van der Waals surface area (Å²) >= 11 is 0. The maximum atomic E-state index is 13.2. The number of ketones is 1. The molecule has 1 aromatic rings. The Labute approximate surface area is 120 Å². The van der Waals surface area contributed by atoms with Gasteiger partial charge >= 0.3 is 0 Å². The van der Waals surface area contributed by atoms with Gasteiger partial charge in [0.2, 0.25) is 0 Å². The van der Waals surface area contributed by atoms with Crippen LogP contribution in [0.3, 0.4) is 0 Å². The third-order valence-corrected chi connectivity index (χ3v) is 4.22. The smallest absolute Gasteiger partial charge is 0.192 e. The fraction of sp³-hybridized carbons (Fsp3) is 0.733. The second kappa shape index (κ2) is 6.39. The molecule has 2 rings (SSSR count). The van der Waals surface area contributed by atoms with Crippen LogP contribution in [0.25, 0.3) is 0 Å². The molecule has 1 N–H and O–H groups in total. The Hall–Kier alpha value is -1.36. The monoisotopic (exact) mass is 279 g/mol. The summed E-state index contributed by atoms with van der Waals surface area (Å²) in [6, 6.07) is 0. The molecule has 1 unspecified atom stereocenters. The molecule has 5 nitrogen and oxygen atoms in total. The molecular weight excluding hydrogens is 254 g/mol. The van der Waals surface area contributed by atoms with E-state index in [0.29, 0.717) is 18.0 Å². The van der Waals surface area contributed by atoms with Crippen molar-refractivity contribution in [3.8, 4) is 5.75 Å². The van der Waals surface area contributed by atoms with Crippen molar-refractivity contribution in [2.45, 2.75) is 46.1 Å². The molecule has 0 amide bonds. The van der Waals surface area contributed by atoms with E-state index in [4.69, 9.17) is 4.74 Å². The van der Waals surface area contributed by atoms with Crippen LogP contribution in [0.1, 0.15) is 50.0 Å². The Morgan fingerprint density at radius 2 is 2.35 bits per heavy atom. The number of hydrogen-bond acceptors (Lipinski definition) is 4. The number of ether oxygens (including phenoxy) is 1. The number of methoxy groups -OCH3 is 1. The van der Waals surface area contributed by atoms with E-state index in [1.165, 1.54) is 0 Å². The highest BCUT2D eigenvalue weighted by molar-refractivity contribution is 6.01. The first-order chi connectivity index (χ1) is 9.68. The molecule has 0 saturated carbocycles. The molecule has 2 heterocycles. The van der Waals surface area contributed by atoms with E-state index < -0.39 is 0 Å². The van der Waals surface area contributed by atoms with Crippen molar-refractivity contribution in [3.63, 3.8) is 0 Å². The first-order valence-corrected chi connectivity index (χ1v) is 7.54. The van der Waals surface area contributed by atoms with E-state index in [0.717, 1.165) is 38.8 Å². The number of hydrogen-bond donors (Lipinski definition) is 1. The second-order valence-corrected chi connectivity index (χ2v) is 5.52. The third-order valence-electron chi connectivity index (χ3n) is 4.22. The standard InChI is InChI=1S/C15H25N3O2/c1-4-7-15(8-6-9-16-11-15)14(19)13-12(20-3)10-17-18(13)5-2/h10,16H,4-9,11H2,1-3H3. The van der Waals surface area contributed by atoms with Gasteiger partial charge in [-0.1, -0.05) is 13.3 Å². The predicted octanol–water partition coefficient (Wildman–Crippen LogP) is 2.26. The fourth-order valence-corrected chi connectivity index (χ4v) is 3.20. The molecule has 112 valence electrons. The maximum absolute atomic E-state index is 13.2. The molecule has 5 heteroatoms. The van der Waals surface area contributed by atoms with Crippen LogP contribution in [0.4, 0.5) is 0 Å². The maximum Gasteiger partial charge on any atom is 0.192 e. The van der Waals surface area contributed by atoms with Crippen LogP contribution in [-0.2, 0) is 6.54 Å². The minimum atomic E-state index is -0.298. The molecular formula is C15H25N3O2. The molecule has 0 spiro atoms. The average molecular weight is 279 g/mol. The van der Waals surface area contributed by atoms with Crippen molar-refractivity contribution in [1.82, 2.24) is 15.1 Å². The molecule has 0 bridgehead atoms. The van der Waals surface area contributed by atoms with E-state index >= 15 is 0 Å². The summed E-state index contributed by atoms with van der Waals surface area (Å²) in [5.41, 5.74) is 0.333. The Morgan fingerprint density at radius 3 is 2.90 bits per heavy atom. The minimum absolute atomic E-state index is 0.183. The molecule has 0 radical (unpaired) electrons. The van der Waals surface area contributed by atoms with Crippen LogP contribution in [0.5, 0.6) is 5.75 Å². The Balaban J connectivity index is 2.38. The van der Waals surface area contributed by atoms with Crippen LogP contribution in [0.15, 0.2) is 6.20 Å². The van der Waals surface area contributed by atoms with Gasteiger partial charge in [-0.3, -0.25) is 9.48 Å². The van der Waals surface area contributed by atoms with Crippen molar-refractivity contribution in [2.24, 2.45) is 5.41 Å². The van der Waals surface area contributed by atoms with E-state index in [9.17, 15) is 4.79 Å². The minimum Gasteiger partial charge on any atom is -0.493 e. The molecule has 1 saturated heterocycles. The topological polar surface area (TPSA) is 56.1 Å². The summed E-state index contributed by atoms with van der Waals surface area (Å²) in [5.74, 6) is 0.778. The molecule has 1 aliphatic rings. The number of rotatable bonds is 6. The van der Waals surface area contributed by atoms with Gasteiger partial charge in [0.25, 0.3) is 0 Å². The molecule has 0 aliphatic carbocycles. The van der Waals surface area contributed by atoms with Crippen LogP contribution in [0, 0.1) is 5.41 Å². The van der Waals surface area contributed by atoms with Gasteiger partial charge in [-0.2, -0.15) is 5.10 Å². The van der Waals surface area contributed by atoms with Gasteiger partial charge in [-0.25, -0.2) is 0 Å². The molecule has 1 atom stereocenters. The molecule has 1 fully saturated rings. The lowest BCUT2D eigenvalue weighted by Crippen LogP contribution is -2.46. The number of Topliss-reactive ketones (excluding diaryl/α,β-unsaturated/α-hetero) is 1. The first kappa shape index (κ1) is 15.0. The zero-order chi connectivity index (χ0) is 14.6. The van der Waals surface area contributed by atoms with Gasteiger partial charge in [-0.05, 0) is 32.7 Å². The quantitative estimate of drug-likeness (QED) is 0.812. The lowest BCUT2D eigenvalue weighted by atomic mass is 9.72. The van der Waals surface area contributed by atoms with Crippen LogP contribution in [-0.4, -0.2) is 35.8 Å². The van der Waals surface area contributed by atoms with Gasteiger partial charge in [0.15, 0.2) is 11.5 Å². The van der Waals surface area contributed by atoms with Gasteiger partial charge in [0.05, 0.1) is 13.3 Å². The number of nitrogens with zero attached hydrogens (tertiary/aromatic N) is 2. The van der Waals surface area contributed by atoms with Crippen molar-refractivity contribution >= 4 is 5.78 Å². The summed E-state index contributed by atoms with van der Waals surface area (Å²) in [4.78, 5) is 13.2. The zero-order valence-electron chi connectivity index (χ0n) is 12.7. The SMILES string of the molecule is CCCC1(C(=O)c2c(OC)cnn2CC)CCCNC1. The summed E-state index contributed by atoms with van der Waals surface area (Å²) in [5, 5.41) is 7.65. The van der Waals surface area contributed by atoms with Crippen molar-refractivity contribution < 1.29 is 9.53 Å². The molecule has 1 aromatic heterocycles. The summed E-state index contributed by atoms with van der Waals surface area (Å²) in [7, 11) is 1.60. The van der Waals surface area contributed by atoms with Crippen LogP contribution >= 0.6 is 0 Å². The number of nitrogens with one attached hydrogen (secondary N) is 1. The summed E-state index contributed by atoms with van der Waals surface area (Å²) < 4.78 is 7.10. The molecule has 1 aliphatic heterocycles. The highest BCUT2D eigenvalue weighted by Gasteiger charge is 2.41. The number of carbonyl (C=O) groups is 1. The number of aryl methyl sites for hydroxylation is 1. The Bertz CT molecular complexity index is 435. The third kappa shape index (κ3) is 2.59. The lowest BCUT2D eigenvalue weighted by molar-refractivity contribution is 0.0702. The van der Waals surface area contributed by atoms with E-state index in [1.807, 2.05) is 6.92 Å². The van der Waals surface area contributed by atoms with Gasteiger partial charge in [-0.15, -0.1) is 0 Å². The van der Waals surface area contributed by atoms with E-state index in [2.05, 4.69) is 17.3 Å². The van der Waals surface area contributed by atoms with Crippen LogP contribution in [0.2, 0.25) is 0 Å². The van der Waals surface area contributed by atoms with E-state index in [-0.39, 0.29) is 11.2 Å². The normalized spacial score (nSPS) is 22.8. The zero-order valence-corrected chi connectivity index (χ0v) is 12.7. The average Bonchev–Trinajstić information content (AvgIpc) is 2.90. The molecule has 20 heavy (non-hydrogen) atoms. The first-order valence-electron chi connectivity index (χ1n) is 7.54. The highest BCUT2D eigenvalue weighted by Crippen LogP contribution is 2.37. The molecule has 0 aromatic carbocycles. The lowest BCUT2D eigenvalue weighted by Gasteiger charge is -2.36. The second-order valence-electron chi connectivity index (χ2n) is 5.52. The number of piperidine rings is 1. The van der Waals surface area contributed by atoms with Gasteiger partial charge < -0.3 is 10.1 Å². The summed E-state index contributed by atoms with van der Waals surface area (Å²) in [6.45, 7) is 6.58. The van der Waals surface area contributed by atoms with Gasteiger partial charge in [0, 0.05) is 18.5 Å². The predicted molar refractivity (Wildman–Crippen MR) is 78.2 cm³/mol. The summed E-state index contributed by atoms with van der Waals surface area (Å²) in [6.07, 6.45) is 5.57. The Kier molecular flexibility index (Phi) is 4.81. The largest absolute Gasteiger partial charge is 0.493 e.